The van der Waals surface area contributed by atoms with Gasteiger partial charge in [0.05, 0.1) is 32.9 Å². The van der Waals surface area contributed by atoms with Crippen molar-refractivity contribution >= 4 is 17.4 Å². The van der Waals surface area contributed by atoms with Crippen LogP contribution in [0, 0.1) is 0 Å². The molecule has 1 fully saturated rings. The van der Waals surface area contributed by atoms with Gasteiger partial charge in [-0.3, -0.25) is 9.59 Å². The van der Waals surface area contributed by atoms with E-state index in [9.17, 15) is 14.7 Å². The van der Waals surface area contributed by atoms with Crippen LogP contribution in [0.1, 0.15) is 17.2 Å². The maximum Gasteiger partial charge on any atom is 0.295 e. The van der Waals surface area contributed by atoms with E-state index in [0.717, 1.165) is 0 Å². The smallest absolute Gasteiger partial charge is 0.295 e. The lowest BCUT2D eigenvalue weighted by atomic mass is 9.95. The number of rotatable bonds is 8. The molecule has 1 aliphatic rings. The highest BCUT2D eigenvalue weighted by Crippen LogP contribution is 2.41. The number of likely N-dealkylation sites (tertiary alicyclic amines) is 1. The van der Waals surface area contributed by atoms with E-state index in [1.807, 2.05) is 19.0 Å². The lowest BCUT2D eigenvalue weighted by Gasteiger charge is -2.27. The Morgan fingerprint density at radius 3 is 2.19 bits per heavy atom. The molecule has 0 aliphatic carbocycles. The Bertz CT molecular complexity index is 1030. The van der Waals surface area contributed by atoms with Crippen molar-refractivity contribution in [2.45, 2.75) is 6.04 Å². The van der Waals surface area contributed by atoms with E-state index in [2.05, 4.69) is 0 Å². The van der Waals surface area contributed by atoms with Crippen molar-refractivity contribution in [1.29, 1.82) is 0 Å². The zero-order valence-corrected chi connectivity index (χ0v) is 18.9. The maximum absolute atomic E-state index is 13.1. The van der Waals surface area contributed by atoms with E-state index < -0.39 is 17.7 Å². The first-order chi connectivity index (χ1) is 15.3. The second-order valence-corrected chi connectivity index (χ2v) is 7.64. The third-order valence-corrected chi connectivity index (χ3v) is 5.41. The highest BCUT2D eigenvalue weighted by Gasteiger charge is 2.46. The van der Waals surface area contributed by atoms with Gasteiger partial charge in [0.2, 0.25) is 0 Å². The largest absolute Gasteiger partial charge is 0.507 e. The van der Waals surface area contributed by atoms with Crippen LogP contribution in [0.15, 0.2) is 48.0 Å². The molecule has 0 spiro atoms. The minimum atomic E-state index is -0.767. The summed E-state index contributed by atoms with van der Waals surface area (Å²) in [4.78, 5) is 29.4. The average molecular weight is 440 g/mol. The fourth-order valence-corrected chi connectivity index (χ4v) is 3.69. The predicted octanol–water partition coefficient (Wildman–Crippen LogP) is 2.70. The number of aliphatic hydroxyl groups excluding tert-OH is 1. The van der Waals surface area contributed by atoms with Crippen molar-refractivity contribution in [3.63, 3.8) is 0 Å². The number of Topliss-reactive ketones (excluding diaryl/α,β-unsaturated/α-hetero) is 1. The molecule has 170 valence electrons. The molecule has 8 nitrogen and oxygen atoms in total. The van der Waals surface area contributed by atoms with Gasteiger partial charge in [0.25, 0.3) is 11.7 Å². The van der Waals surface area contributed by atoms with E-state index in [-0.39, 0.29) is 11.3 Å². The Kier molecular flexibility index (Phi) is 7.05. The molecule has 2 aromatic carbocycles. The number of hydrogen-bond donors (Lipinski definition) is 1. The maximum atomic E-state index is 13.1. The van der Waals surface area contributed by atoms with Crippen LogP contribution in [0.3, 0.4) is 0 Å². The molecule has 1 saturated heterocycles. The second-order valence-electron chi connectivity index (χ2n) is 7.64. The first-order valence-corrected chi connectivity index (χ1v) is 10.1. The topological polar surface area (TPSA) is 88.5 Å². The van der Waals surface area contributed by atoms with Crippen LogP contribution in [-0.4, -0.2) is 75.1 Å². The summed E-state index contributed by atoms with van der Waals surface area (Å²) >= 11 is 0. The number of ketones is 1. The standard InChI is InChI=1S/C24H28N2O6/c1-25(2)12-13-26-21(16-8-11-18(31-4)19(14-16)32-5)20(23(28)24(26)29)22(27)15-6-9-17(30-3)10-7-15/h6-11,14,21,27H,12-13H2,1-5H3/b22-20+/t21-/m1/s1. The van der Waals surface area contributed by atoms with Gasteiger partial charge in [0.15, 0.2) is 11.5 Å². The number of carbonyl (C=O) groups is 2. The summed E-state index contributed by atoms with van der Waals surface area (Å²) in [7, 11) is 8.37. The minimum Gasteiger partial charge on any atom is -0.507 e. The van der Waals surface area contributed by atoms with Crippen molar-refractivity contribution in [3.8, 4) is 17.2 Å². The molecule has 1 atom stereocenters. The van der Waals surface area contributed by atoms with Gasteiger partial charge < -0.3 is 29.1 Å². The third-order valence-electron chi connectivity index (χ3n) is 5.41. The number of hydrogen-bond acceptors (Lipinski definition) is 7. The van der Waals surface area contributed by atoms with Crippen LogP contribution in [0.4, 0.5) is 0 Å². The van der Waals surface area contributed by atoms with Crippen molar-refractivity contribution < 1.29 is 28.9 Å². The summed E-state index contributed by atoms with van der Waals surface area (Å²) in [5.74, 6) is -0.00888. The van der Waals surface area contributed by atoms with Crippen molar-refractivity contribution in [3.05, 3.63) is 59.2 Å². The Morgan fingerprint density at radius 1 is 0.969 bits per heavy atom. The molecule has 1 amide bonds. The van der Waals surface area contributed by atoms with Gasteiger partial charge in [-0.25, -0.2) is 0 Å². The van der Waals surface area contributed by atoms with Gasteiger partial charge in [-0.05, 0) is 56.1 Å². The Hall–Kier alpha value is -3.52. The fourth-order valence-electron chi connectivity index (χ4n) is 3.69. The molecular formula is C24H28N2O6. The molecule has 8 heteroatoms. The second kappa shape index (κ2) is 9.74. The van der Waals surface area contributed by atoms with Gasteiger partial charge >= 0.3 is 0 Å². The summed E-state index contributed by atoms with van der Waals surface area (Å²) in [5, 5.41) is 11.1. The van der Waals surface area contributed by atoms with Gasteiger partial charge in [-0.15, -0.1) is 0 Å². The third kappa shape index (κ3) is 4.40. The van der Waals surface area contributed by atoms with Crippen LogP contribution in [0.2, 0.25) is 0 Å². The number of methoxy groups -OCH3 is 3. The Balaban J connectivity index is 2.16. The lowest BCUT2D eigenvalue weighted by molar-refractivity contribution is -0.140. The van der Waals surface area contributed by atoms with Crippen LogP contribution in [0.25, 0.3) is 5.76 Å². The first-order valence-electron chi connectivity index (χ1n) is 10.1. The number of nitrogens with zero attached hydrogens (tertiary/aromatic N) is 2. The number of likely N-dealkylation sites (N-methyl/N-ethyl adjacent to an activating group) is 1. The number of benzene rings is 2. The van der Waals surface area contributed by atoms with Crippen LogP contribution in [0.5, 0.6) is 17.2 Å². The first kappa shape index (κ1) is 23.1. The highest BCUT2D eigenvalue weighted by atomic mass is 16.5. The van der Waals surface area contributed by atoms with Crippen LogP contribution >= 0.6 is 0 Å². The average Bonchev–Trinajstić information content (AvgIpc) is 3.06. The monoisotopic (exact) mass is 440 g/mol. The quantitative estimate of drug-likeness (QED) is 0.384. The molecule has 1 heterocycles. The van der Waals surface area contributed by atoms with E-state index in [1.54, 1.807) is 49.6 Å². The lowest BCUT2D eigenvalue weighted by Crippen LogP contribution is -2.35. The summed E-state index contributed by atoms with van der Waals surface area (Å²) in [6.45, 7) is 0.870. The Morgan fingerprint density at radius 2 is 1.62 bits per heavy atom. The van der Waals surface area contributed by atoms with Gasteiger partial charge in [-0.1, -0.05) is 6.07 Å². The minimum absolute atomic E-state index is 0.0335. The molecule has 3 rings (SSSR count). The van der Waals surface area contributed by atoms with E-state index in [4.69, 9.17) is 14.2 Å². The summed E-state index contributed by atoms with van der Waals surface area (Å²) in [5.41, 5.74) is 1.09. The number of amides is 1. The summed E-state index contributed by atoms with van der Waals surface area (Å²) in [6, 6.07) is 11.1. The van der Waals surface area contributed by atoms with Crippen molar-refractivity contribution in [2.24, 2.45) is 0 Å². The van der Waals surface area contributed by atoms with Gasteiger partial charge in [0.1, 0.15) is 11.5 Å². The molecule has 0 unspecified atom stereocenters. The highest BCUT2D eigenvalue weighted by molar-refractivity contribution is 6.46. The molecular weight excluding hydrogens is 412 g/mol. The molecule has 2 aromatic rings. The zero-order valence-electron chi connectivity index (χ0n) is 18.9. The van der Waals surface area contributed by atoms with E-state index >= 15 is 0 Å². The molecule has 32 heavy (non-hydrogen) atoms. The van der Waals surface area contributed by atoms with Crippen molar-refractivity contribution in [1.82, 2.24) is 9.80 Å². The van der Waals surface area contributed by atoms with Crippen molar-refractivity contribution in [2.75, 3.05) is 48.5 Å². The molecule has 0 saturated carbocycles. The fraction of sp³-hybridized carbons (Fsp3) is 0.333. The predicted molar refractivity (Wildman–Crippen MR) is 120 cm³/mol. The Labute approximate surface area is 187 Å². The molecule has 0 bridgehead atoms. The molecule has 0 aromatic heterocycles. The number of aliphatic hydroxyl groups is 1. The van der Waals surface area contributed by atoms with Gasteiger partial charge in [0, 0.05) is 18.7 Å². The summed E-state index contributed by atoms with van der Waals surface area (Å²) < 4.78 is 15.9. The van der Waals surface area contributed by atoms with Crippen LogP contribution in [-0.2, 0) is 9.59 Å². The number of ether oxygens (including phenoxy) is 3. The SMILES string of the molecule is COc1ccc(/C(O)=C2\C(=O)C(=O)N(CCN(C)C)[C@@H]2c2ccc(OC)c(OC)c2)cc1. The molecule has 1 aliphatic heterocycles. The number of carbonyl (C=O) groups excluding carboxylic acids is 2. The van der Waals surface area contributed by atoms with Gasteiger partial charge in [-0.2, -0.15) is 0 Å². The van der Waals surface area contributed by atoms with E-state index in [0.29, 0.717) is 41.5 Å². The van der Waals surface area contributed by atoms with E-state index in [1.165, 1.54) is 19.1 Å². The normalized spacial score (nSPS) is 17.7. The zero-order chi connectivity index (χ0) is 23.4. The summed E-state index contributed by atoms with van der Waals surface area (Å²) in [6.07, 6.45) is 0. The van der Waals surface area contributed by atoms with Crippen LogP contribution < -0.4 is 14.2 Å². The molecule has 1 N–H and O–H groups in total. The molecule has 0 radical (unpaired) electrons.